The summed E-state index contributed by atoms with van der Waals surface area (Å²) < 4.78 is 0. The topological polar surface area (TPSA) is 12.0 Å². The lowest BCUT2D eigenvalue weighted by Crippen LogP contribution is -2.15. The average Bonchev–Trinajstić information content (AvgIpc) is 2.11. The van der Waals surface area contributed by atoms with Crippen LogP contribution in [0.3, 0.4) is 0 Å². The minimum Gasteiger partial charge on any atom is -0.319 e. The van der Waals surface area contributed by atoms with Crippen LogP contribution in [0.25, 0.3) is 0 Å². The summed E-state index contributed by atoms with van der Waals surface area (Å²) in [5.41, 5.74) is 5.68. The van der Waals surface area contributed by atoms with Gasteiger partial charge in [0, 0.05) is 6.54 Å². The fraction of sp³-hybridized carbons (Fsp3) is 0.538. The standard InChI is InChI=1S/C13H21N/c1-9-6-11(3)13(7-10(9)2)12(4)8-14-5/h6-7,12,14H,8H2,1-5H3. The predicted octanol–water partition coefficient (Wildman–Crippen LogP) is 2.93. The van der Waals surface area contributed by atoms with Crippen LogP contribution in [0.4, 0.5) is 0 Å². The summed E-state index contributed by atoms with van der Waals surface area (Å²) in [4.78, 5) is 0. The van der Waals surface area contributed by atoms with Gasteiger partial charge in [-0.25, -0.2) is 0 Å². The molecule has 0 aromatic heterocycles. The molecular formula is C13H21N. The summed E-state index contributed by atoms with van der Waals surface area (Å²) in [6.07, 6.45) is 0. The molecule has 0 amide bonds. The summed E-state index contributed by atoms with van der Waals surface area (Å²) in [5.74, 6) is 0.597. The zero-order valence-corrected chi connectivity index (χ0v) is 9.94. The fourth-order valence-electron chi connectivity index (χ4n) is 1.93. The summed E-state index contributed by atoms with van der Waals surface area (Å²) in [6.45, 7) is 9.88. The van der Waals surface area contributed by atoms with Crippen LogP contribution in [0.5, 0.6) is 0 Å². The van der Waals surface area contributed by atoms with Crippen LogP contribution in [0.1, 0.15) is 35.1 Å². The molecular weight excluding hydrogens is 170 g/mol. The summed E-state index contributed by atoms with van der Waals surface area (Å²) >= 11 is 0. The molecule has 0 aliphatic rings. The van der Waals surface area contributed by atoms with Gasteiger partial charge in [0.25, 0.3) is 0 Å². The van der Waals surface area contributed by atoms with Gasteiger partial charge in [0.05, 0.1) is 0 Å². The molecule has 0 saturated heterocycles. The third-order valence-corrected chi connectivity index (χ3v) is 2.92. The van der Waals surface area contributed by atoms with Crippen LogP contribution in [0.2, 0.25) is 0 Å². The second-order valence-electron chi connectivity index (χ2n) is 4.25. The minimum absolute atomic E-state index is 0.597. The van der Waals surface area contributed by atoms with E-state index in [1.807, 2.05) is 7.05 Å². The monoisotopic (exact) mass is 191 g/mol. The van der Waals surface area contributed by atoms with Gasteiger partial charge >= 0.3 is 0 Å². The van der Waals surface area contributed by atoms with Crippen molar-refractivity contribution < 1.29 is 0 Å². The van der Waals surface area contributed by atoms with Crippen LogP contribution in [0.15, 0.2) is 12.1 Å². The van der Waals surface area contributed by atoms with Crippen LogP contribution >= 0.6 is 0 Å². The maximum Gasteiger partial charge on any atom is 0.00145 e. The van der Waals surface area contributed by atoms with Crippen LogP contribution in [0, 0.1) is 20.8 Å². The maximum absolute atomic E-state index is 3.23. The van der Waals surface area contributed by atoms with Crippen molar-refractivity contribution in [1.82, 2.24) is 5.32 Å². The first-order valence-electron chi connectivity index (χ1n) is 5.28. The molecule has 0 radical (unpaired) electrons. The van der Waals surface area contributed by atoms with E-state index < -0.39 is 0 Å². The molecule has 1 heteroatoms. The smallest absolute Gasteiger partial charge is 0.00145 e. The number of aryl methyl sites for hydroxylation is 3. The van der Waals surface area contributed by atoms with Gasteiger partial charge in [0.1, 0.15) is 0 Å². The molecule has 1 atom stereocenters. The Bertz CT molecular complexity index is 315. The first-order chi connectivity index (χ1) is 6.56. The molecule has 1 nitrogen and oxygen atoms in total. The number of rotatable bonds is 3. The summed E-state index contributed by atoms with van der Waals surface area (Å²) in [5, 5.41) is 3.23. The SMILES string of the molecule is CNCC(C)c1cc(C)c(C)cc1C. The van der Waals surface area contributed by atoms with E-state index in [1.165, 1.54) is 22.3 Å². The number of nitrogens with one attached hydrogen (secondary N) is 1. The van der Waals surface area contributed by atoms with E-state index in [4.69, 9.17) is 0 Å². The van der Waals surface area contributed by atoms with E-state index in [9.17, 15) is 0 Å². The molecule has 78 valence electrons. The third-order valence-electron chi connectivity index (χ3n) is 2.92. The van der Waals surface area contributed by atoms with Crippen molar-refractivity contribution in [3.8, 4) is 0 Å². The Morgan fingerprint density at radius 2 is 1.64 bits per heavy atom. The number of likely N-dealkylation sites (N-methyl/N-ethyl adjacent to an activating group) is 1. The first kappa shape index (κ1) is 11.3. The second-order valence-corrected chi connectivity index (χ2v) is 4.25. The van der Waals surface area contributed by atoms with Gasteiger partial charge in [-0.1, -0.05) is 19.1 Å². The molecule has 1 aromatic rings. The molecule has 0 fully saturated rings. The highest BCUT2D eigenvalue weighted by atomic mass is 14.8. The Balaban J connectivity index is 3.02. The highest BCUT2D eigenvalue weighted by molar-refractivity contribution is 5.38. The lowest BCUT2D eigenvalue weighted by molar-refractivity contribution is 0.674. The lowest BCUT2D eigenvalue weighted by Gasteiger charge is -2.16. The van der Waals surface area contributed by atoms with Crippen LogP contribution in [-0.4, -0.2) is 13.6 Å². The van der Waals surface area contributed by atoms with Gasteiger partial charge in [-0.2, -0.15) is 0 Å². The molecule has 0 heterocycles. The third kappa shape index (κ3) is 2.36. The van der Waals surface area contributed by atoms with Crippen molar-refractivity contribution in [3.63, 3.8) is 0 Å². The molecule has 1 unspecified atom stereocenters. The van der Waals surface area contributed by atoms with E-state index in [1.54, 1.807) is 0 Å². The van der Waals surface area contributed by atoms with E-state index in [0.29, 0.717) is 5.92 Å². The molecule has 1 aromatic carbocycles. The van der Waals surface area contributed by atoms with E-state index in [0.717, 1.165) is 6.54 Å². The average molecular weight is 191 g/mol. The van der Waals surface area contributed by atoms with Gasteiger partial charge in [-0.15, -0.1) is 0 Å². The van der Waals surface area contributed by atoms with Crippen molar-refractivity contribution in [3.05, 3.63) is 34.4 Å². The van der Waals surface area contributed by atoms with E-state index in [-0.39, 0.29) is 0 Å². The zero-order valence-electron chi connectivity index (χ0n) is 9.94. The minimum atomic E-state index is 0.597. The zero-order chi connectivity index (χ0) is 10.7. The first-order valence-corrected chi connectivity index (χ1v) is 5.28. The van der Waals surface area contributed by atoms with E-state index in [2.05, 4.69) is 45.1 Å². The summed E-state index contributed by atoms with van der Waals surface area (Å²) in [6, 6.07) is 4.61. The Kier molecular flexibility index (Phi) is 3.70. The fourth-order valence-corrected chi connectivity index (χ4v) is 1.93. The Labute approximate surface area is 87.5 Å². The number of hydrogen-bond donors (Lipinski definition) is 1. The van der Waals surface area contributed by atoms with Crippen molar-refractivity contribution in [2.45, 2.75) is 33.6 Å². The highest BCUT2D eigenvalue weighted by Crippen LogP contribution is 2.22. The molecule has 14 heavy (non-hydrogen) atoms. The molecule has 1 N–H and O–H groups in total. The van der Waals surface area contributed by atoms with Crippen molar-refractivity contribution in [1.29, 1.82) is 0 Å². The van der Waals surface area contributed by atoms with Gasteiger partial charge in [-0.3, -0.25) is 0 Å². The Morgan fingerprint density at radius 3 is 2.21 bits per heavy atom. The summed E-state index contributed by atoms with van der Waals surface area (Å²) in [7, 11) is 2.01. The second kappa shape index (κ2) is 4.61. The lowest BCUT2D eigenvalue weighted by atomic mass is 9.92. The molecule has 0 saturated carbocycles. The van der Waals surface area contributed by atoms with Gasteiger partial charge in [0.15, 0.2) is 0 Å². The molecule has 0 aliphatic heterocycles. The van der Waals surface area contributed by atoms with E-state index >= 15 is 0 Å². The highest BCUT2D eigenvalue weighted by Gasteiger charge is 2.08. The van der Waals surface area contributed by atoms with Gasteiger partial charge in [0.2, 0.25) is 0 Å². The van der Waals surface area contributed by atoms with Gasteiger partial charge < -0.3 is 5.32 Å². The molecule has 0 spiro atoms. The molecule has 0 bridgehead atoms. The maximum atomic E-state index is 3.23. The van der Waals surface area contributed by atoms with Crippen molar-refractivity contribution in [2.24, 2.45) is 0 Å². The molecule has 0 aliphatic carbocycles. The Morgan fingerprint density at radius 1 is 1.07 bits per heavy atom. The van der Waals surface area contributed by atoms with Crippen LogP contribution in [-0.2, 0) is 0 Å². The quantitative estimate of drug-likeness (QED) is 0.774. The predicted molar refractivity (Wildman–Crippen MR) is 63.0 cm³/mol. The van der Waals surface area contributed by atoms with Crippen molar-refractivity contribution >= 4 is 0 Å². The largest absolute Gasteiger partial charge is 0.319 e. The van der Waals surface area contributed by atoms with Crippen LogP contribution < -0.4 is 5.32 Å². The number of hydrogen-bond acceptors (Lipinski definition) is 1. The van der Waals surface area contributed by atoms with Crippen molar-refractivity contribution in [2.75, 3.05) is 13.6 Å². The normalized spacial score (nSPS) is 12.9. The Hall–Kier alpha value is -0.820. The van der Waals surface area contributed by atoms with Gasteiger partial charge in [-0.05, 0) is 56.0 Å². The molecule has 1 rings (SSSR count). The number of benzene rings is 1.